The number of benzene rings is 4. The lowest BCUT2D eigenvalue weighted by Gasteiger charge is -2.50. The Kier molecular flexibility index (Phi) is 10.7. The Morgan fingerprint density at radius 2 is 1.49 bits per heavy atom. The van der Waals surface area contributed by atoms with Gasteiger partial charge in [-0.05, 0) is 90.8 Å². The second-order valence-electron chi connectivity index (χ2n) is 16.5. The molecule has 5 aliphatic rings. The number of phenols is 1. The highest BCUT2D eigenvalue weighted by molar-refractivity contribution is 6.36. The quantitative estimate of drug-likeness (QED) is 0.123. The summed E-state index contributed by atoms with van der Waals surface area (Å²) in [5.74, 6) is -4.82. The fourth-order valence-electron chi connectivity index (χ4n) is 10.9. The number of halogens is 2. The van der Waals surface area contributed by atoms with Crippen molar-refractivity contribution in [3.63, 3.8) is 0 Å². The molecule has 4 aromatic carbocycles. The minimum absolute atomic E-state index is 0.101. The number of likely N-dealkylation sites (tertiary alicyclic amines) is 2. The maximum atomic E-state index is 15.7. The number of fused-ring (bicyclic) bond motifs is 4. The molecule has 6 atom stereocenters. The Hall–Kier alpha value is -5.56. The van der Waals surface area contributed by atoms with Crippen LogP contribution in [0.25, 0.3) is 0 Å². The number of carbonyl (C=O) groups excluding carboxylic acids is 4. The van der Waals surface area contributed by atoms with E-state index in [1.807, 2.05) is 24.3 Å². The third-order valence-electron chi connectivity index (χ3n) is 13.6. The van der Waals surface area contributed by atoms with Crippen LogP contribution >= 0.6 is 23.2 Å². The van der Waals surface area contributed by atoms with E-state index in [1.54, 1.807) is 55.6 Å². The van der Waals surface area contributed by atoms with Gasteiger partial charge in [0.25, 0.3) is 11.8 Å². The van der Waals surface area contributed by atoms with Crippen molar-refractivity contribution in [2.45, 2.75) is 49.6 Å². The van der Waals surface area contributed by atoms with Gasteiger partial charge in [-0.2, -0.15) is 5.01 Å². The molecule has 12 nitrogen and oxygen atoms in total. The van der Waals surface area contributed by atoms with E-state index in [0.717, 1.165) is 30.2 Å². The first-order valence-electron chi connectivity index (χ1n) is 20.5. The van der Waals surface area contributed by atoms with Crippen LogP contribution in [-0.2, 0) is 31.1 Å². The summed E-state index contributed by atoms with van der Waals surface area (Å²) in [5.41, 5.74) is 4.75. The molecule has 0 bridgehead atoms. The number of nitrogens with zero attached hydrogens (tertiary/aromatic N) is 3. The van der Waals surface area contributed by atoms with Gasteiger partial charge in [0.2, 0.25) is 17.6 Å². The lowest BCUT2D eigenvalue weighted by atomic mass is 9.49. The summed E-state index contributed by atoms with van der Waals surface area (Å²) in [6.07, 6.45) is 3.72. The minimum atomic E-state index is -1.60. The molecule has 1 saturated carbocycles. The Balaban J connectivity index is 1.15. The van der Waals surface area contributed by atoms with E-state index in [2.05, 4.69) is 22.5 Å². The van der Waals surface area contributed by atoms with Crippen LogP contribution in [0.5, 0.6) is 23.0 Å². The van der Waals surface area contributed by atoms with E-state index in [-0.39, 0.29) is 53.0 Å². The van der Waals surface area contributed by atoms with E-state index in [1.165, 1.54) is 30.7 Å². The van der Waals surface area contributed by atoms with Gasteiger partial charge in [0.05, 0.1) is 55.2 Å². The van der Waals surface area contributed by atoms with E-state index in [4.69, 9.17) is 37.4 Å². The lowest BCUT2D eigenvalue weighted by molar-refractivity contribution is -0.144. The Labute approximate surface area is 363 Å². The first kappa shape index (κ1) is 40.8. The van der Waals surface area contributed by atoms with Crippen LogP contribution in [0.15, 0.2) is 96.6 Å². The molecule has 4 aromatic rings. The first-order valence-corrected chi connectivity index (χ1v) is 21.3. The number of piperidine rings is 1. The molecule has 0 aromatic heterocycles. The summed E-state index contributed by atoms with van der Waals surface area (Å²) in [7, 11) is 4.39. The van der Waals surface area contributed by atoms with Gasteiger partial charge in [0.1, 0.15) is 5.75 Å². The number of rotatable bonds is 10. The number of phenolic OH excluding ortho intramolecular Hbond substituents is 1. The van der Waals surface area contributed by atoms with Crippen LogP contribution in [0.4, 0.5) is 5.69 Å². The molecular weight excluding hydrogens is 819 g/mol. The maximum Gasteiger partial charge on any atom is 0.260 e. The highest BCUT2D eigenvalue weighted by atomic mass is 35.5. The van der Waals surface area contributed by atoms with Crippen molar-refractivity contribution in [3.8, 4) is 23.0 Å². The number of nitrogens with one attached hydrogen (secondary N) is 1. The Bertz CT molecular complexity index is 2410. The molecule has 4 amide bonds. The second kappa shape index (κ2) is 16.0. The zero-order valence-electron chi connectivity index (χ0n) is 34.0. The summed E-state index contributed by atoms with van der Waals surface area (Å²) in [4.78, 5) is 64.2. The van der Waals surface area contributed by atoms with Gasteiger partial charge < -0.3 is 19.3 Å². The molecular formula is C47H46Cl2N4O8. The van der Waals surface area contributed by atoms with Crippen LogP contribution in [0, 0.1) is 23.7 Å². The standard InChI is InChI=1S/C47H46Cl2N4O8/c1-59-31-12-9-28(10-13-31)47-35(44(56)53(46(47)58)50-37-16-11-29(48)23-36(37)49)24-34-32(41(47)27-21-38(60-2)42(54)39(22-27)61-3)14-15-33-40(34)45(57)52(43(33)55)30-17-19-51(20-18-30)25-26-7-5-4-6-8-26/h4-14,16,21-23,30,33-35,40-41,50,54H,15,17-20,24-25H2,1-3H3/t33-,34+,35-,40-,41-,47+/m0/s1. The second-order valence-corrected chi connectivity index (χ2v) is 17.4. The third kappa shape index (κ3) is 6.61. The summed E-state index contributed by atoms with van der Waals surface area (Å²) >= 11 is 12.8. The van der Waals surface area contributed by atoms with Crippen LogP contribution in [0.3, 0.4) is 0 Å². The Morgan fingerprint density at radius 1 is 0.803 bits per heavy atom. The van der Waals surface area contributed by atoms with Crippen LogP contribution in [0.1, 0.15) is 48.3 Å². The molecule has 4 fully saturated rings. The van der Waals surface area contributed by atoms with Crippen molar-refractivity contribution in [3.05, 3.63) is 123 Å². The smallest absolute Gasteiger partial charge is 0.260 e. The van der Waals surface area contributed by atoms with Crippen molar-refractivity contribution in [2.24, 2.45) is 23.7 Å². The van der Waals surface area contributed by atoms with E-state index in [9.17, 15) is 14.7 Å². The van der Waals surface area contributed by atoms with Gasteiger partial charge in [-0.1, -0.05) is 77.3 Å². The fourth-order valence-corrected chi connectivity index (χ4v) is 11.3. The summed E-state index contributed by atoms with van der Waals surface area (Å²) in [6.45, 7) is 2.29. The van der Waals surface area contributed by atoms with Gasteiger partial charge in [-0.25, -0.2) is 0 Å². The summed E-state index contributed by atoms with van der Waals surface area (Å²) in [5, 5.41) is 12.7. The number of hydrogen-bond acceptors (Lipinski definition) is 10. The van der Waals surface area contributed by atoms with Crippen molar-refractivity contribution in [2.75, 3.05) is 39.8 Å². The predicted octanol–water partition coefficient (Wildman–Crippen LogP) is 7.37. The molecule has 61 heavy (non-hydrogen) atoms. The molecule has 14 heteroatoms. The number of imide groups is 2. The fraction of sp³-hybridized carbons (Fsp3) is 0.362. The van der Waals surface area contributed by atoms with Crippen molar-refractivity contribution < 1.29 is 38.5 Å². The molecule has 2 N–H and O–H groups in total. The van der Waals surface area contributed by atoms with Crippen LogP contribution in [0.2, 0.25) is 10.0 Å². The minimum Gasteiger partial charge on any atom is -0.502 e. The maximum absolute atomic E-state index is 15.7. The van der Waals surface area contributed by atoms with E-state index < -0.39 is 46.8 Å². The van der Waals surface area contributed by atoms with Gasteiger partial charge >= 0.3 is 0 Å². The van der Waals surface area contributed by atoms with Gasteiger partial charge in [0, 0.05) is 36.6 Å². The largest absolute Gasteiger partial charge is 0.502 e. The number of amides is 4. The first-order chi connectivity index (χ1) is 29.5. The molecule has 3 saturated heterocycles. The number of hydrazine groups is 1. The molecule has 316 valence electrons. The molecule has 3 aliphatic heterocycles. The number of carbonyl (C=O) groups is 4. The van der Waals surface area contributed by atoms with Crippen molar-refractivity contribution >= 4 is 52.5 Å². The highest BCUT2D eigenvalue weighted by Crippen LogP contribution is 2.65. The number of ether oxygens (including phenoxy) is 3. The highest BCUT2D eigenvalue weighted by Gasteiger charge is 2.70. The number of hydrogen-bond donors (Lipinski definition) is 2. The third-order valence-corrected chi connectivity index (χ3v) is 14.2. The molecule has 0 spiro atoms. The van der Waals surface area contributed by atoms with E-state index >= 15 is 9.59 Å². The summed E-state index contributed by atoms with van der Waals surface area (Å²) < 4.78 is 16.8. The van der Waals surface area contributed by atoms with Crippen molar-refractivity contribution in [1.82, 2.24) is 14.8 Å². The monoisotopic (exact) mass is 864 g/mol. The van der Waals surface area contributed by atoms with Gasteiger partial charge in [-0.3, -0.25) is 34.4 Å². The van der Waals surface area contributed by atoms with E-state index in [0.29, 0.717) is 40.4 Å². The topological polar surface area (TPSA) is 138 Å². The molecule has 0 unspecified atom stereocenters. The molecule has 2 aliphatic carbocycles. The lowest BCUT2D eigenvalue weighted by Crippen LogP contribution is -2.53. The number of allylic oxidation sites excluding steroid dienone is 2. The Morgan fingerprint density at radius 3 is 2.13 bits per heavy atom. The molecule has 3 heterocycles. The van der Waals surface area contributed by atoms with Crippen LogP contribution < -0.4 is 19.6 Å². The SMILES string of the molecule is COc1ccc([C@@]23C(=O)N(Nc4ccc(Cl)cc4Cl)C(=O)[C@@H]2C[C@@H]2C(=CC[C@@H]4C(=O)N(C5CCN(Cc6ccccc6)CC5)C(=O)[C@@H]42)[C@@H]3c2cc(OC)c(O)c(OC)c2)cc1. The number of aromatic hydroxyl groups is 1. The molecule has 9 rings (SSSR count). The summed E-state index contributed by atoms with van der Waals surface area (Å²) in [6, 6.07) is 25.1. The number of methoxy groups -OCH3 is 3. The molecule has 0 radical (unpaired) electrons. The zero-order chi connectivity index (χ0) is 42.7. The average molecular weight is 866 g/mol. The normalized spacial score (nSPS) is 26.4. The van der Waals surface area contributed by atoms with Gasteiger partial charge in [-0.15, -0.1) is 0 Å². The zero-order valence-corrected chi connectivity index (χ0v) is 35.5. The predicted molar refractivity (Wildman–Crippen MR) is 228 cm³/mol. The van der Waals surface area contributed by atoms with Crippen molar-refractivity contribution in [1.29, 1.82) is 0 Å². The average Bonchev–Trinajstić information content (AvgIpc) is 3.65. The van der Waals surface area contributed by atoms with Gasteiger partial charge in [0.15, 0.2) is 11.5 Å². The number of anilines is 1. The van der Waals surface area contributed by atoms with Crippen LogP contribution in [-0.4, -0.2) is 84.0 Å².